The molecule has 0 atom stereocenters. The van der Waals surface area contributed by atoms with Crippen LogP contribution in [0, 0.1) is 37.7 Å². The minimum absolute atomic E-state index is 0. The van der Waals surface area contributed by atoms with Gasteiger partial charge in [-0.3, -0.25) is 0 Å². The largest absolute Gasteiger partial charge is 0.304 e. The van der Waals surface area contributed by atoms with Crippen LogP contribution in [-0.2, 0) is 4.79 Å². The van der Waals surface area contributed by atoms with Gasteiger partial charge in [0.05, 0.1) is 0 Å². The van der Waals surface area contributed by atoms with Gasteiger partial charge in [-0.25, -0.2) is 0 Å². The maximum absolute atomic E-state index is 8.81. The van der Waals surface area contributed by atoms with E-state index in [9.17, 15) is 0 Å². The van der Waals surface area contributed by atoms with E-state index in [1.165, 1.54) is 6.92 Å². The molecule has 0 aliphatic heterocycles. The van der Waals surface area contributed by atoms with Gasteiger partial charge in [0, 0.05) is 37.7 Å². The summed E-state index contributed by atoms with van der Waals surface area (Å²) < 4.78 is 0. The Hall–Kier alpha value is 0.930. The molecule has 0 aromatic carbocycles. The number of hydrogen-bond acceptors (Lipinski definition) is 1. The fourth-order valence-electron chi connectivity index (χ4n) is 0. The molecule has 0 aromatic rings. The summed E-state index contributed by atoms with van der Waals surface area (Å²) in [6.07, 6.45) is 0.750. The van der Waals surface area contributed by atoms with Crippen LogP contribution in [0.2, 0.25) is 0 Å². The summed E-state index contributed by atoms with van der Waals surface area (Å²) in [7, 11) is 0. The third-order valence-electron chi connectivity index (χ3n) is 0. The molecule has 4 heavy (non-hydrogen) atoms. The van der Waals surface area contributed by atoms with Crippen LogP contribution in [0.4, 0.5) is 0 Å². The number of rotatable bonds is 0. The summed E-state index contributed by atoms with van der Waals surface area (Å²) in [6, 6.07) is 0. The van der Waals surface area contributed by atoms with Crippen LogP contribution in [0.3, 0.4) is 0 Å². The molecular weight excluding hydrogens is 80.0 g/mol. The number of hydrogen-bond donors (Lipinski definition) is 0. The van der Waals surface area contributed by atoms with Crippen LogP contribution in [0.15, 0.2) is 0 Å². The number of carbonyl (C=O) groups excluding carboxylic acids is 1. The fourth-order valence-corrected chi connectivity index (χ4v) is 0. The average Bonchev–Trinajstić information content (AvgIpc) is 0.918. The molecule has 26 valence electrons. The molecule has 0 aliphatic rings. The molecule has 0 heterocycles. The predicted molar refractivity (Wildman–Crippen MR) is 11.7 cm³/mol. The topological polar surface area (TPSA) is 17.1 Å². The maximum atomic E-state index is 8.81. The van der Waals surface area contributed by atoms with E-state index in [0.717, 1.165) is 6.29 Å². The molecule has 1 nitrogen and oxygen atoms in total. The van der Waals surface area contributed by atoms with E-state index in [1.54, 1.807) is 0 Å². The van der Waals surface area contributed by atoms with Crippen molar-refractivity contribution in [2.24, 2.45) is 0 Å². The second kappa shape index (κ2) is 9.06. The van der Waals surface area contributed by atoms with Gasteiger partial charge in [-0.05, 0) is 6.92 Å². The fraction of sp³-hybridized carbons (Fsp3) is 0.500. The van der Waals surface area contributed by atoms with Crippen molar-refractivity contribution in [3.63, 3.8) is 0 Å². The van der Waals surface area contributed by atoms with Crippen molar-refractivity contribution in [2.75, 3.05) is 0 Å². The molecule has 0 unspecified atom stereocenters. The maximum Gasteiger partial charge on any atom is 0.116 e. The first kappa shape index (κ1) is 8.87. The van der Waals surface area contributed by atoms with E-state index in [1.807, 2.05) is 0 Å². The molecule has 0 saturated heterocycles. The van der Waals surface area contributed by atoms with Gasteiger partial charge >= 0.3 is 0 Å². The van der Waals surface area contributed by atoms with E-state index in [0.29, 0.717) is 0 Å². The van der Waals surface area contributed by atoms with Crippen molar-refractivity contribution < 1.29 is 42.5 Å². The van der Waals surface area contributed by atoms with Gasteiger partial charge < -0.3 is 4.79 Å². The van der Waals surface area contributed by atoms with Crippen molar-refractivity contribution in [3.8, 4) is 0 Å². The Kier molecular flexibility index (Phi) is 20.1. The first-order chi connectivity index (χ1) is 1.41. The second-order valence-electron chi connectivity index (χ2n) is 0.236. The van der Waals surface area contributed by atoms with Crippen LogP contribution in [-0.4, -0.2) is 6.29 Å². The average molecular weight is 84.0 g/mol. The smallest absolute Gasteiger partial charge is 0.116 e. The zero-order valence-corrected chi connectivity index (χ0v) is 3.05. The first-order valence-corrected chi connectivity index (χ1v) is 0.813. The summed E-state index contributed by atoms with van der Waals surface area (Å²) in [5.74, 6) is 0. The van der Waals surface area contributed by atoms with Gasteiger partial charge in [-0.2, -0.15) is 0 Å². The van der Waals surface area contributed by atoms with E-state index >= 15 is 0 Å². The molecule has 0 bridgehead atoms. The molecule has 0 spiro atoms. The first-order valence-electron chi connectivity index (χ1n) is 0.813. The Labute approximate surface area is 55.4 Å². The number of carbonyl (C=O) groups is 1. The summed E-state index contributed by atoms with van der Waals surface area (Å²) >= 11 is 0. The molecule has 0 saturated carbocycles. The summed E-state index contributed by atoms with van der Waals surface area (Å²) in [4.78, 5) is 8.81. The van der Waals surface area contributed by atoms with Crippen LogP contribution in [0.5, 0.6) is 0 Å². The van der Waals surface area contributed by atoms with Gasteiger partial charge in [-0.15, -0.1) is 0 Å². The van der Waals surface area contributed by atoms with Crippen LogP contribution < -0.4 is 0 Å². The Morgan fingerprint density at radius 1 is 1.75 bits per heavy atom. The van der Waals surface area contributed by atoms with Crippen LogP contribution in [0.1, 0.15) is 6.92 Å². The molecular formula is C2H4ArO. The summed E-state index contributed by atoms with van der Waals surface area (Å²) in [5, 5.41) is 0. The second-order valence-corrected chi connectivity index (χ2v) is 0.236. The van der Waals surface area contributed by atoms with Crippen LogP contribution in [0.25, 0.3) is 0 Å². The van der Waals surface area contributed by atoms with Gasteiger partial charge in [-0.1, -0.05) is 0 Å². The monoisotopic (exact) mass is 84.0 g/mol. The Balaban J connectivity index is 0. The minimum atomic E-state index is 0. The van der Waals surface area contributed by atoms with Gasteiger partial charge in [0.2, 0.25) is 0 Å². The van der Waals surface area contributed by atoms with Gasteiger partial charge in [0.1, 0.15) is 6.29 Å². The van der Waals surface area contributed by atoms with E-state index in [4.69, 9.17) is 4.79 Å². The van der Waals surface area contributed by atoms with Crippen molar-refractivity contribution in [1.82, 2.24) is 0 Å². The summed E-state index contributed by atoms with van der Waals surface area (Å²) in [5.41, 5.74) is 0. The van der Waals surface area contributed by atoms with E-state index in [2.05, 4.69) is 0 Å². The summed E-state index contributed by atoms with van der Waals surface area (Å²) in [6.45, 7) is 1.44. The third-order valence-corrected chi connectivity index (χ3v) is 0. The zero-order valence-electron chi connectivity index (χ0n) is 2.34. The van der Waals surface area contributed by atoms with Crippen LogP contribution >= 0.6 is 0 Å². The van der Waals surface area contributed by atoms with Crippen molar-refractivity contribution in [2.45, 2.75) is 6.92 Å². The van der Waals surface area contributed by atoms with Crippen molar-refractivity contribution in [3.05, 3.63) is 0 Å². The molecule has 0 radical (unpaired) electrons. The normalized spacial score (nSPS) is 3.25. The minimum Gasteiger partial charge on any atom is -0.304 e. The molecule has 0 aromatic heterocycles. The quantitative estimate of drug-likeness (QED) is 0.383. The molecule has 0 amide bonds. The van der Waals surface area contributed by atoms with Crippen molar-refractivity contribution in [1.29, 1.82) is 0 Å². The zero-order chi connectivity index (χ0) is 2.71. The van der Waals surface area contributed by atoms with Crippen molar-refractivity contribution >= 4 is 6.29 Å². The van der Waals surface area contributed by atoms with Gasteiger partial charge in [0.25, 0.3) is 0 Å². The molecule has 0 N–H and O–H groups in total. The number of aldehydes is 1. The third kappa shape index (κ3) is 12.6. The molecule has 0 aliphatic carbocycles. The van der Waals surface area contributed by atoms with E-state index < -0.39 is 0 Å². The Bertz CT molecular complexity index is 13.5. The Morgan fingerprint density at radius 2 is 1.75 bits per heavy atom. The standard InChI is InChI=1S/C2H4O.Ar/c1-2-3;/h2H,1H3;. The van der Waals surface area contributed by atoms with E-state index in [-0.39, 0.29) is 37.7 Å². The molecule has 0 fully saturated rings. The molecule has 2 heteroatoms. The Morgan fingerprint density at radius 3 is 1.75 bits per heavy atom. The molecule has 0 rings (SSSR count). The SMILES string of the molecule is CC=O.[Ar]. The predicted octanol–water partition coefficient (Wildman–Crippen LogP) is 0.205. The van der Waals surface area contributed by atoms with Gasteiger partial charge in [0.15, 0.2) is 0 Å².